The van der Waals surface area contributed by atoms with Gasteiger partial charge in [0.1, 0.15) is 0 Å². The van der Waals surface area contributed by atoms with Gasteiger partial charge in [-0.25, -0.2) is 4.98 Å². The number of nitrogens with zero attached hydrogens (tertiary/aromatic N) is 3. The molecule has 0 spiro atoms. The summed E-state index contributed by atoms with van der Waals surface area (Å²) < 4.78 is 0. The highest BCUT2D eigenvalue weighted by atomic mass is 16.6. The molecule has 110 valence electrons. The quantitative estimate of drug-likeness (QED) is 0.639. The van der Waals surface area contributed by atoms with E-state index in [4.69, 9.17) is 0 Å². The number of hydrogen-bond acceptors (Lipinski definition) is 5. The summed E-state index contributed by atoms with van der Waals surface area (Å²) in [5, 5.41) is 14.1. The highest BCUT2D eigenvalue weighted by Crippen LogP contribution is 2.23. The predicted molar refractivity (Wildman–Crippen MR) is 78.8 cm³/mol. The predicted octanol–water partition coefficient (Wildman–Crippen LogP) is 2.52. The summed E-state index contributed by atoms with van der Waals surface area (Å²) in [6.07, 6.45) is 3.92. The number of likely N-dealkylation sites (tertiary alicyclic amines) is 1. The minimum absolute atomic E-state index is 0.0425. The van der Waals surface area contributed by atoms with Crippen LogP contribution in [0.1, 0.15) is 26.7 Å². The van der Waals surface area contributed by atoms with E-state index in [1.165, 1.54) is 12.5 Å². The van der Waals surface area contributed by atoms with Crippen LogP contribution >= 0.6 is 0 Å². The van der Waals surface area contributed by atoms with Crippen molar-refractivity contribution in [2.75, 3.05) is 25.0 Å². The van der Waals surface area contributed by atoms with Gasteiger partial charge >= 0.3 is 5.69 Å². The van der Waals surface area contributed by atoms with E-state index in [9.17, 15) is 10.1 Å². The van der Waals surface area contributed by atoms with Crippen LogP contribution in [-0.4, -0.2) is 40.5 Å². The topological polar surface area (TPSA) is 71.3 Å². The van der Waals surface area contributed by atoms with E-state index in [1.54, 1.807) is 12.3 Å². The molecule has 1 N–H and O–H groups in total. The van der Waals surface area contributed by atoms with Crippen LogP contribution in [0.3, 0.4) is 0 Å². The lowest BCUT2D eigenvalue weighted by atomic mass is 10.1. The van der Waals surface area contributed by atoms with Crippen molar-refractivity contribution in [2.24, 2.45) is 5.92 Å². The number of nitro groups is 1. The number of aromatic nitrogens is 1. The Balaban J connectivity index is 1.96. The van der Waals surface area contributed by atoms with Crippen LogP contribution < -0.4 is 5.32 Å². The van der Waals surface area contributed by atoms with Gasteiger partial charge in [-0.05, 0) is 31.4 Å². The van der Waals surface area contributed by atoms with Crippen LogP contribution in [0.25, 0.3) is 0 Å². The van der Waals surface area contributed by atoms with Crippen LogP contribution in [0.15, 0.2) is 18.3 Å². The summed E-state index contributed by atoms with van der Waals surface area (Å²) in [7, 11) is 0. The Morgan fingerprint density at radius 3 is 3.10 bits per heavy atom. The molecule has 0 unspecified atom stereocenters. The molecule has 6 nitrogen and oxygen atoms in total. The Bertz CT molecular complexity index is 464. The van der Waals surface area contributed by atoms with E-state index in [-0.39, 0.29) is 5.69 Å². The van der Waals surface area contributed by atoms with Crippen molar-refractivity contribution >= 4 is 11.5 Å². The van der Waals surface area contributed by atoms with Crippen LogP contribution in [0.2, 0.25) is 0 Å². The van der Waals surface area contributed by atoms with Crippen LogP contribution in [0.4, 0.5) is 11.5 Å². The fourth-order valence-corrected chi connectivity index (χ4v) is 2.73. The number of nitrogens with one attached hydrogen (secondary N) is 1. The van der Waals surface area contributed by atoms with Gasteiger partial charge in [-0.3, -0.25) is 15.0 Å². The SMILES string of the molecule is CC(C)CN1CCC[C@H]1CNc1ncccc1[N+](=O)[O-]. The second-order valence-electron chi connectivity index (χ2n) is 5.69. The van der Waals surface area contributed by atoms with Gasteiger partial charge < -0.3 is 5.32 Å². The third-order valence-corrected chi connectivity index (χ3v) is 3.59. The molecule has 0 saturated carbocycles. The van der Waals surface area contributed by atoms with E-state index in [0.717, 1.165) is 19.5 Å². The van der Waals surface area contributed by atoms with Gasteiger partial charge in [0.15, 0.2) is 0 Å². The van der Waals surface area contributed by atoms with Crippen molar-refractivity contribution in [1.29, 1.82) is 0 Å². The van der Waals surface area contributed by atoms with Crippen molar-refractivity contribution < 1.29 is 4.92 Å². The molecule has 1 aliphatic heterocycles. The summed E-state index contributed by atoms with van der Waals surface area (Å²) in [6.45, 7) is 7.34. The Hall–Kier alpha value is -1.69. The van der Waals surface area contributed by atoms with Crippen molar-refractivity contribution in [3.63, 3.8) is 0 Å². The van der Waals surface area contributed by atoms with E-state index >= 15 is 0 Å². The summed E-state index contributed by atoms with van der Waals surface area (Å²) >= 11 is 0. The maximum atomic E-state index is 10.9. The van der Waals surface area contributed by atoms with Gasteiger partial charge in [0, 0.05) is 31.4 Å². The molecule has 6 heteroatoms. The van der Waals surface area contributed by atoms with Crippen molar-refractivity contribution in [1.82, 2.24) is 9.88 Å². The summed E-state index contributed by atoms with van der Waals surface area (Å²) in [5.74, 6) is 1.01. The molecule has 1 saturated heterocycles. The van der Waals surface area contributed by atoms with Gasteiger partial charge in [-0.1, -0.05) is 13.8 Å². The average molecular weight is 278 g/mol. The number of rotatable bonds is 6. The first kappa shape index (κ1) is 14.7. The first-order chi connectivity index (χ1) is 9.58. The molecule has 2 heterocycles. The molecule has 0 aromatic carbocycles. The second-order valence-corrected chi connectivity index (χ2v) is 5.69. The number of hydrogen-bond donors (Lipinski definition) is 1. The molecular weight excluding hydrogens is 256 g/mol. The van der Waals surface area contributed by atoms with Crippen molar-refractivity contribution in [3.8, 4) is 0 Å². The third kappa shape index (κ3) is 3.66. The largest absolute Gasteiger partial charge is 0.363 e. The Morgan fingerprint density at radius 2 is 2.40 bits per heavy atom. The first-order valence-electron chi connectivity index (χ1n) is 7.15. The fourth-order valence-electron chi connectivity index (χ4n) is 2.73. The van der Waals surface area contributed by atoms with Gasteiger partial charge in [0.2, 0.25) is 5.82 Å². The second kappa shape index (κ2) is 6.65. The van der Waals surface area contributed by atoms with E-state index in [2.05, 4.69) is 29.0 Å². The highest BCUT2D eigenvalue weighted by Gasteiger charge is 2.25. The molecule has 1 atom stereocenters. The molecule has 0 aliphatic carbocycles. The Morgan fingerprint density at radius 1 is 1.60 bits per heavy atom. The standard InChI is InChI=1S/C14H22N4O2/c1-11(2)10-17-8-4-5-12(17)9-16-14-13(18(19)20)6-3-7-15-14/h3,6-7,11-12H,4-5,8-10H2,1-2H3,(H,15,16)/t12-/m0/s1. The van der Waals surface area contributed by atoms with Gasteiger partial charge in [-0.2, -0.15) is 0 Å². The van der Waals surface area contributed by atoms with Crippen LogP contribution in [0, 0.1) is 16.0 Å². The van der Waals surface area contributed by atoms with Crippen LogP contribution in [-0.2, 0) is 0 Å². The van der Waals surface area contributed by atoms with Gasteiger partial charge in [0.25, 0.3) is 0 Å². The van der Waals surface area contributed by atoms with E-state index < -0.39 is 4.92 Å². The first-order valence-corrected chi connectivity index (χ1v) is 7.15. The van der Waals surface area contributed by atoms with Crippen LogP contribution in [0.5, 0.6) is 0 Å². The Labute approximate surface area is 119 Å². The zero-order valence-electron chi connectivity index (χ0n) is 12.1. The summed E-state index contributed by atoms with van der Waals surface area (Å²) in [4.78, 5) is 17.1. The molecule has 1 aliphatic rings. The molecule has 0 bridgehead atoms. The lowest BCUT2D eigenvalue weighted by Crippen LogP contribution is -2.37. The molecule has 1 fully saturated rings. The Kier molecular flexibility index (Phi) is 4.89. The van der Waals surface area contributed by atoms with E-state index in [0.29, 0.717) is 24.3 Å². The lowest BCUT2D eigenvalue weighted by Gasteiger charge is -2.26. The number of pyridine rings is 1. The molecule has 2 rings (SSSR count). The molecular formula is C14H22N4O2. The van der Waals surface area contributed by atoms with Crippen molar-refractivity contribution in [2.45, 2.75) is 32.7 Å². The third-order valence-electron chi connectivity index (χ3n) is 3.59. The maximum Gasteiger partial charge on any atom is 0.311 e. The summed E-state index contributed by atoms with van der Waals surface area (Å²) in [6, 6.07) is 3.51. The molecule has 1 aromatic rings. The summed E-state index contributed by atoms with van der Waals surface area (Å²) in [5.41, 5.74) is 0.0425. The zero-order chi connectivity index (χ0) is 14.5. The van der Waals surface area contributed by atoms with Crippen molar-refractivity contribution in [3.05, 3.63) is 28.4 Å². The fraction of sp³-hybridized carbons (Fsp3) is 0.643. The molecule has 0 amide bonds. The van der Waals surface area contributed by atoms with Gasteiger partial charge in [0.05, 0.1) is 4.92 Å². The lowest BCUT2D eigenvalue weighted by molar-refractivity contribution is -0.384. The average Bonchev–Trinajstić information content (AvgIpc) is 2.83. The normalized spacial score (nSPS) is 19.4. The molecule has 20 heavy (non-hydrogen) atoms. The monoisotopic (exact) mass is 278 g/mol. The highest BCUT2D eigenvalue weighted by molar-refractivity contribution is 5.55. The van der Waals surface area contributed by atoms with E-state index in [1.807, 2.05) is 0 Å². The number of anilines is 1. The van der Waals surface area contributed by atoms with Gasteiger partial charge in [-0.15, -0.1) is 0 Å². The zero-order valence-corrected chi connectivity index (χ0v) is 12.1. The molecule has 1 aromatic heterocycles. The smallest absolute Gasteiger partial charge is 0.311 e. The minimum atomic E-state index is -0.393. The maximum absolute atomic E-state index is 10.9. The molecule has 0 radical (unpaired) electrons. The minimum Gasteiger partial charge on any atom is -0.363 e.